The zero-order chi connectivity index (χ0) is 24.0. The summed E-state index contributed by atoms with van der Waals surface area (Å²) in [5.41, 5.74) is 4.06. The molecule has 1 aromatic carbocycles. The van der Waals surface area contributed by atoms with Crippen molar-refractivity contribution in [2.24, 2.45) is 0 Å². The van der Waals surface area contributed by atoms with E-state index in [2.05, 4.69) is 27.8 Å². The summed E-state index contributed by atoms with van der Waals surface area (Å²) >= 11 is 0. The van der Waals surface area contributed by atoms with Gasteiger partial charge in [-0.2, -0.15) is 0 Å². The van der Waals surface area contributed by atoms with Crippen LogP contribution in [0.25, 0.3) is 5.65 Å². The molecule has 9 nitrogen and oxygen atoms in total. The lowest BCUT2D eigenvalue weighted by atomic mass is 10.2. The molecule has 0 radical (unpaired) electrons. The predicted molar refractivity (Wildman–Crippen MR) is 128 cm³/mol. The highest BCUT2D eigenvalue weighted by Crippen LogP contribution is 2.25. The van der Waals surface area contributed by atoms with Gasteiger partial charge in [0.25, 0.3) is 5.91 Å². The number of aromatic nitrogens is 2. The Morgan fingerprint density at radius 2 is 1.67 bits per heavy atom. The largest absolute Gasteiger partial charge is 0.355 e. The molecule has 0 fully saturated rings. The maximum absolute atomic E-state index is 12.6. The minimum atomic E-state index is -0.212. The second-order valence-electron chi connectivity index (χ2n) is 7.85. The number of nitrogens with one attached hydrogen (secondary N) is 3. The van der Waals surface area contributed by atoms with E-state index >= 15 is 0 Å². The van der Waals surface area contributed by atoms with Crippen LogP contribution < -0.4 is 20.9 Å². The Hall–Kier alpha value is -3.88. The van der Waals surface area contributed by atoms with Crippen molar-refractivity contribution in [2.75, 3.05) is 30.4 Å². The van der Waals surface area contributed by atoms with E-state index in [0.717, 1.165) is 34.8 Å². The summed E-state index contributed by atoms with van der Waals surface area (Å²) in [5, 5.41) is 8.24. The Morgan fingerprint density at radius 3 is 2.30 bits per heavy atom. The fourth-order valence-corrected chi connectivity index (χ4v) is 3.62. The van der Waals surface area contributed by atoms with E-state index in [1.165, 1.54) is 13.8 Å². The van der Waals surface area contributed by atoms with E-state index in [4.69, 9.17) is 4.98 Å². The van der Waals surface area contributed by atoms with E-state index in [9.17, 15) is 14.4 Å². The van der Waals surface area contributed by atoms with Crippen LogP contribution >= 0.6 is 0 Å². The van der Waals surface area contributed by atoms with Gasteiger partial charge in [-0.25, -0.2) is 4.98 Å². The standard InChI is InChI=1S/C24H30N6O3/c1-5-21-24(29(4)14-18-6-9-20(10-7-18)27-17(3)32)30-15-19(8-11-22(30)28-21)23(33)26-13-12-25-16(2)31/h6-11,15H,5,12-14H2,1-4H3,(H,25,31)(H,26,33)(H,27,32). The average Bonchev–Trinajstić information content (AvgIpc) is 3.15. The van der Waals surface area contributed by atoms with Crippen LogP contribution in [0.2, 0.25) is 0 Å². The molecule has 0 unspecified atom stereocenters. The molecule has 2 heterocycles. The maximum Gasteiger partial charge on any atom is 0.252 e. The average molecular weight is 451 g/mol. The van der Waals surface area contributed by atoms with E-state index in [1.54, 1.807) is 12.3 Å². The number of nitrogens with zero attached hydrogens (tertiary/aromatic N) is 3. The van der Waals surface area contributed by atoms with Gasteiger partial charge in [0.05, 0.1) is 11.3 Å². The predicted octanol–water partition coefficient (Wildman–Crippen LogP) is 2.36. The highest BCUT2D eigenvalue weighted by Gasteiger charge is 2.17. The summed E-state index contributed by atoms with van der Waals surface area (Å²) in [7, 11) is 1.99. The highest BCUT2D eigenvalue weighted by molar-refractivity contribution is 5.94. The molecule has 3 N–H and O–H groups in total. The van der Waals surface area contributed by atoms with Gasteiger partial charge < -0.3 is 20.9 Å². The second kappa shape index (κ2) is 10.6. The summed E-state index contributed by atoms with van der Waals surface area (Å²) in [4.78, 5) is 41.6. The molecule has 0 aliphatic heterocycles. The van der Waals surface area contributed by atoms with Crippen LogP contribution in [-0.2, 0) is 22.6 Å². The van der Waals surface area contributed by atoms with Crippen molar-refractivity contribution in [1.29, 1.82) is 0 Å². The summed E-state index contributed by atoms with van der Waals surface area (Å²) in [6, 6.07) is 11.3. The molecule has 0 spiro atoms. The first-order valence-electron chi connectivity index (χ1n) is 10.9. The Morgan fingerprint density at radius 1 is 0.970 bits per heavy atom. The van der Waals surface area contributed by atoms with Crippen LogP contribution in [0.1, 0.15) is 42.4 Å². The molecule has 0 atom stereocenters. The molecule has 3 aromatic rings. The van der Waals surface area contributed by atoms with Gasteiger partial charge in [-0.15, -0.1) is 0 Å². The van der Waals surface area contributed by atoms with Crippen LogP contribution in [0.15, 0.2) is 42.6 Å². The molecular weight excluding hydrogens is 420 g/mol. The summed E-state index contributed by atoms with van der Waals surface area (Å²) < 4.78 is 1.94. The van der Waals surface area contributed by atoms with Crippen molar-refractivity contribution < 1.29 is 14.4 Å². The fraction of sp³-hybridized carbons (Fsp3) is 0.333. The highest BCUT2D eigenvalue weighted by atomic mass is 16.2. The van der Waals surface area contributed by atoms with E-state index in [-0.39, 0.29) is 17.7 Å². The van der Waals surface area contributed by atoms with Gasteiger partial charge in [-0.1, -0.05) is 19.1 Å². The molecule has 0 saturated heterocycles. The Kier molecular flexibility index (Phi) is 7.66. The Labute approximate surface area is 193 Å². The number of benzene rings is 1. The van der Waals surface area contributed by atoms with Crippen molar-refractivity contribution in [3.63, 3.8) is 0 Å². The number of anilines is 2. The van der Waals surface area contributed by atoms with Crippen molar-refractivity contribution >= 4 is 34.9 Å². The summed E-state index contributed by atoms with van der Waals surface area (Å²) in [6.45, 7) is 6.34. The number of rotatable bonds is 9. The van der Waals surface area contributed by atoms with Gasteiger partial charge in [0.2, 0.25) is 11.8 Å². The Balaban J connectivity index is 1.80. The van der Waals surface area contributed by atoms with Gasteiger partial charge in [-0.05, 0) is 36.2 Å². The topological polar surface area (TPSA) is 108 Å². The molecule has 3 rings (SSSR count). The fourth-order valence-electron chi connectivity index (χ4n) is 3.62. The smallest absolute Gasteiger partial charge is 0.252 e. The van der Waals surface area contributed by atoms with Crippen molar-refractivity contribution in [1.82, 2.24) is 20.0 Å². The molecule has 0 aliphatic rings. The minimum Gasteiger partial charge on any atom is -0.355 e. The maximum atomic E-state index is 12.6. The number of carbonyl (C=O) groups excluding carboxylic acids is 3. The molecule has 0 aliphatic carbocycles. The first-order valence-corrected chi connectivity index (χ1v) is 10.9. The molecular formula is C24H30N6O3. The van der Waals surface area contributed by atoms with Gasteiger partial charge in [0.1, 0.15) is 11.5 Å². The monoisotopic (exact) mass is 450 g/mol. The lowest BCUT2D eigenvalue weighted by Crippen LogP contribution is -2.33. The lowest BCUT2D eigenvalue weighted by molar-refractivity contribution is -0.119. The van der Waals surface area contributed by atoms with Gasteiger partial charge in [0.15, 0.2) is 0 Å². The SMILES string of the molecule is CCc1nc2ccc(C(=O)NCCNC(C)=O)cn2c1N(C)Cc1ccc(NC(C)=O)cc1. The van der Waals surface area contributed by atoms with E-state index in [1.807, 2.05) is 41.8 Å². The zero-order valence-corrected chi connectivity index (χ0v) is 19.4. The lowest BCUT2D eigenvalue weighted by Gasteiger charge is -2.20. The molecule has 0 bridgehead atoms. The first kappa shape index (κ1) is 23.8. The third-order valence-corrected chi connectivity index (χ3v) is 5.10. The van der Waals surface area contributed by atoms with Crippen LogP contribution in [0.4, 0.5) is 11.5 Å². The van der Waals surface area contributed by atoms with Crippen LogP contribution in [-0.4, -0.2) is 47.2 Å². The van der Waals surface area contributed by atoms with Gasteiger partial charge in [0, 0.05) is 52.4 Å². The number of aryl methyl sites for hydroxylation is 1. The Bertz CT molecular complexity index is 1150. The van der Waals surface area contributed by atoms with Gasteiger partial charge in [-0.3, -0.25) is 18.8 Å². The van der Waals surface area contributed by atoms with Crippen molar-refractivity contribution in [2.45, 2.75) is 33.7 Å². The first-order chi connectivity index (χ1) is 15.8. The van der Waals surface area contributed by atoms with Gasteiger partial charge >= 0.3 is 0 Å². The molecule has 3 amide bonds. The molecule has 33 heavy (non-hydrogen) atoms. The van der Waals surface area contributed by atoms with E-state index < -0.39 is 0 Å². The minimum absolute atomic E-state index is 0.104. The third kappa shape index (κ3) is 6.09. The van der Waals surface area contributed by atoms with Crippen LogP contribution in [0.5, 0.6) is 0 Å². The zero-order valence-electron chi connectivity index (χ0n) is 19.4. The molecule has 9 heteroatoms. The normalized spacial score (nSPS) is 10.7. The summed E-state index contributed by atoms with van der Waals surface area (Å²) in [6.07, 6.45) is 2.54. The van der Waals surface area contributed by atoms with Crippen LogP contribution in [0.3, 0.4) is 0 Å². The third-order valence-electron chi connectivity index (χ3n) is 5.10. The van der Waals surface area contributed by atoms with Crippen LogP contribution in [0, 0.1) is 0 Å². The quantitative estimate of drug-likeness (QED) is 0.434. The number of imidazole rings is 1. The molecule has 0 saturated carbocycles. The van der Waals surface area contributed by atoms with Crippen molar-refractivity contribution in [3.05, 3.63) is 59.4 Å². The molecule has 174 valence electrons. The number of hydrogen-bond acceptors (Lipinski definition) is 5. The number of pyridine rings is 1. The number of carbonyl (C=O) groups is 3. The second-order valence-corrected chi connectivity index (χ2v) is 7.85. The molecule has 2 aromatic heterocycles. The number of fused-ring (bicyclic) bond motifs is 1. The summed E-state index contributed by atoms with van der Waals surface area (Å²) in [5.74, 6) is 0.476. The van der Waals surface area contributed by atoms with E-state index in [0.29, 0.717) is 25.2 Å². The van der Waals surface area contributed by atoms with Crippen molar-refractivity contribution in [3.8, 4) is 0 Å². The number of amides is 3. The number of hydrogen-bond donors (Lipinski definition) is 3.